The molecule has 6 atom stereocenters. The number of hydrogen-bond donors (Lipinski definition) is 4. The number of non-ortho nitro benzene ring substituents is 1. The molecule has 18 heteroatoms. The molecule has 0 aromatic heterocycles. The number of oxime groups is 1. The number of aliphatic hydroxyl groups excluding tert-OH is 3. The second kappa shape index (κ2) is 24.2. The number of nitro groups is 1. The maximum absolute atomic E-state index is 14.2. The van der Waals surface area contributed by atoms with Crippen molar-refractivity contribution in [3.05, 3.63) is 88.0 Å². The molecule has 1 heterocycles. The third-order valence-corrected chi connectivity index (χ3v) is 11.5. The molecule has 4 N–H and O–H groups in total. The Morgan fingerprint density at radius 1 is 1.06 bits per heavy atom. The fraction of sp³-hybridized carbons (Fsp3) is 0.568. The highest BCUT2D eigenvalue weighted by Gasteiger charge is 2.65. The number of rotatable bonds is 25. The van der Waals surface area contributed by atoms with Gasteiger partial charge in [0.25, 0.3) is 5.69 Å². The van der Waals surface area contributed by atoms with E-state index in [1.54, 1.807) is 43.3 Å². The van der Waals surface area contributed by atoms with Crippen LogP contribution in [0.1, 0.15) is 68.9 Å². The molecule has 1 saturated carbocycles. The molecule has 2 aromatic carbocycles. The van der Waals surface area contributed by atoms with Crippen LogP contribution in [0.25, 0.3) is 0 Å². The Labute approximate surface area is 366 Å². The quantitative estimate of drug-likeness (QED) is 0.0286. The van der Waals surface area contributed by atoms with Crippen molar-refractivity contribution in [2.24, 2.45) is 22.9 Å². The van der Waals surface area contributed by atoms with Crippen LogP contribution in [-0.4, -0.2) is 120 Å². The summed E-state index contributed by atoms with van der Waals surface area (Å²) in [6.45, 7) is 5.88. The fourth-order valence-corrected chi connectivity index (χ4v) is 8.89. The van der Waals surface area contributed by atoms with Crippen LogP contribution in [0.2, 0.25) is 0 Å². The van der Waals surface area contributed by atoms with Crippen molar-refractivity contribution < 1.29 is 58.4 Å². The Morgan fingerprint density at radius 2 is 1.82 bits per heavy atom. The topological polar surface area (TPSA) is 221 Å². The normalized spacial score (nSPS) is 23.0. The van der Waals surface area contributed by atoms with Gasteiger partial charge in [-0.2, -0.15) is 0 Å². The standard InChI is InChI=1S/C44H59ClN4O13/c1-3-22-59-44-39(48(18-24-57-25-21-52)43(54)58-23-17-45)28-37(47-60-29-30-11-13-32(14-12-30)49(55)56)35-26-31(9-5-7-19-50)34(10-6-8-20-51)40(41(35)44)36-27-33(15-16-38(36)62-44)61-42(53)46-4-2/h3,11-16,26-27,31,34,39-41,50-52H,1,4-10,17-25,28-29H2,2H3,(H,46,53)/t31-,34+,39-,40+,41+,44+/m0/s1. The lowest BCUT2D eigenvalue weighted by molar-refractivity contribution is -0.384. The maximum Gasteiger partial charge on any atom is 0.412 e. The van der Waals surface area contributed by atoms with E-state index in [4.69, 9.17) is 45.3 Å². The van der Waals surface area contributed by atoms with Crippen molar-refractivity contribution >= 4 is 35.2 Å². The lowest BCUT2D eigenvalue weighted by Crippen LogP contribution is -2.70. The number of alkyl halides is 1. The summed E-state index contributed by atoms with van der Waals surface area (Å²) in [5.74, 6) is -2.08. The third-order valence-electron chi connectivity index (χ3n) is 11.4. The Morgan fingerprint density at radius 3 is 2.50 bits per heavy atom. The monoisotopic (exact) mass is 886 g/mol. The molecule has 0 bridgehead atoms. The molecule has 0 unspecified atom stereocenters. The Kier molecular flexibility index (Phi) is 18.8. The number of amides is 2. The molecule has 1 aliphatic heterocycles. The predicted octanol–water partition coefficient (Wildman–Crippen LogP) is 6.22. The largest absolute Gasteiger partial charge is 0.459 e. The number of unbranched alkanes of at least 4 members (excludes halogenated alkanes) is 2. The van der Waals surface area contributed by atoms with Crippen LogP contribution in [0.3, 0.4) is 0 Å². The van der Waals surface area contributed by atoms with E-state index in [-0.39, 0.29) is 89.2 Å². The van der Waals surface area contributed by atoms with Crippen LogP contribution < -0.4 is 14.8 Å². The lowest BCUT2D eigenvalue weighted by atomic mass is 9.55. The Bertz CT molecular complexity index is 1860. The van der Waals surface area contributed by atoms with E-state index < -0.39 is 40.8 Å². The molecule has 1 fully saturated rings. The van der Waals surface area contributed by atoms with Gasteiger partial charge in [-0.1, -0.05) is 30.1 Å². The average molecular weight is 887 g/mol. The summed E-state index contributed by atoms with van der Waals surface area (Å²) in [6, 6.07) is 10.2. The molecule has 2 amide bonds. The molecule has 62 heavy (non-hydrogen) atoms. The van der Waals surface area contributed by atoms with Gasteiger partial charge in [-0.3, -0.25) is 15.0 Å². The van der Waals surface area contributed by atoms with Crippen molar-refractivity contribution in [3.8, 4) is 11.5 Å². The van der Waals surface area contributed by atoms with Gasteiger partial charge < -0.3 is 49.2 Å². The summed E-state index contributed by atoms with van der Waals surface area (Å²) < 4.78 is 31.2. The molecule has 5 rings (SSSR count). The van der Waals surface area contributed by atoms with Crippen molar-refractivity contribution in [3.63, 3.8) is 0 Å². The minimum atomic E-state index is -1.61. The third kappa shape index (κ3) is 11.8. The lowest BCUT2D eigenvalue weighted by Gasteiger charge is -2.59. The zero-order valence-corrected chi connectivity index (χ0v) is 35.9. The highest BCUT2D eigenvalue weighted by molar-refractivity contribution is 6.18. The summed E-state index contributed by atoms with van der Waals surface area (Å²) >= 11 is 6.00. The van der Waals surface area contributed by atoms with Gasteiger partial charge in [0.2, 0.25) is 5.79 Å². The Hall–Kier alpha value is -4.78. The van der Waals surface area contributed by atoms with Crippen LogP contribution in [0, 0.1) is 27.9 Å². The van der Waals surface area contributed by atoms with Gasteiger partial charge in [0.15, 0.2) is 0 Å². The molecule has 0 radical (unpaired) electrons. The first-order valence-electron chi connectivity index (χ1n) is 21.2. The number of hydrogen-bond acceptors (Lipinski definition) is 14. The number of nitrogens with one attached hydrogen (secondary N) is 1. The number of allylic oxidation sites excluding steroid dienone is 1. The van der Waals surface area contributed by atoms with E-state index in [0.29, 0.717) is 61.4 Å². The van der Waals surface area contributed by atoms with Crippen LogP contribution in [0.15, 0.2) is 71.9 Å². The van der Waals surface area contributed by atoms with Gasteiger partial charge >= 0.3 is 12.2 Å². The summed E-state index contributed by atoms with van der Waals surface area (Å²) in [4.78, 5) is 45.3. The highest BCUT2D eigenvalue weighted by atomic mass is 35.5. The summed E-state index contributed by atoms with van der Waals surface area (Å²) in [5, 5.41) is 48.0. The van der Waals surface area contributed by atoms with E-state index >= 15 is 0 Å². The second-order valence-electron chi connectivity index (χ2n) is 15.2. The number of carbonyl (C=O) groups is 2. The van der Waals surface area contributed by atoms with Gasteiger partial charge in [0.1, 0.15) is 30.8 Å². The molecular formula is C44H59ClN4O13. The van der Waals surface area contributed by atoms with E-state index in [1.807, 2.05) is 0 Å². The van der Waals surface area contributed by atoms with Crippen molar-refractivity contribution in [2.75, 3.05) is 65.2 Å². The SMILES string of the molecule is C=CCO[C@@]12Oc3ccc(OC(=O)NCC)cc3[C@H]3[C@H](CCCCO)[C@@H](CCCCO)C=C(C(=NOCc4ccc([N+](=O)[O-])cc4)C[C@@H]1N(CCOCCO)C(=O)OCCCl)[C@H]32. The summed E-state index contributed by atoms with van der Waals surface area (Å²) in [5.41, 5.74) is 2.58. The number of aliphatic hydroxyl groups is 3. The molecular weight excluding hydrogens is 828 g/mol. The smallest absolute Gasteiger partial charge is 0.412 e. The number of nitro benzene ring substituents is 1. The number of fused-ring (bicyclic) bond motifs is 2. The average Bonchev–Trinajstić information content (AvgIpc) is 3.26. The maximum atomic E-state index is 14.2. The first kappa shape index (κ1) is 48.3. The van der Waals surface area contributed by atoms with Gasteiger partial charge in [0.05, 0.1) is 48.9 Å². The number of benzene rings is 2. The molecule has 340 valence electrons. The minimum absolute atomic E-state index is 0.00238. The number of halogens is 1. The molecule has 3 aliphatic rings. The molecule has 0 spiro atoms. The molecule has 17 nitrogen and oxygen atoms in total. The highest BCUT2D eigenvalue weighted by Crippen LogP contribution is 2.62. The molecule has 2 aliphatic carbocycles. The van der Waals surface area contributed by atoms with E-state index in [1.165, 1.54) is 17.0 Å². The summed E-state index contributed by atoms with van der Waals surface area (Å²) in [6.07, 6.45) is 6.46. The summed E-state index contributed by atoms with van der Waals surface area (Å²) in [7, 11) is 0. The van der Waals surface area contributed by atoms with Crippen LogP contribution in [0.4, 0.5) is 15.3 Å². The zero-order chi connectivity index (χ0) is 44.5. The first-order chi connectivity index (χ1) is 30.2. The van der Waals surface area contributed by atoms with Crippen molar-refractivity contribution in [2.45, 2.75) is 76.2 Å². The van der Waals surface area contributed by atoms with Gasteiger partial charge in [0, 0.05) is 56.3 Å². The van der Waals surface area contributed by atoms with Crippen molar-refractivity contribution in [1.82, 2.24) is 10.2 Å². The van der Waals surface area contributed by atoms with Crippen LogP contribution >= 0.6 is 11.6 Å². The van der Waals surface area contributed by atoms with Crippen LogP contribution in [-0.2, 0) is 25.7 Å². The number of nitrogens with zero attached hydrogens (tertiary/aromatic N) is 3. The number of ether oxygens (including phenoxy) is 5. The van der Waals surface area contributed by atoms with Gasteiger partial charge in [-0.25, -0.2) is 9.59 Å². The first-order valence-corrected chi connectivity index (χ1v) is 21.8. The van der Waals surface area contributed by atoms with Gasteiger partial charge in [-0.05, 0) is 85.9 Å². The predicted molar refractivity (Wildman–Crippen MR) is 229 cm³/mol. The fourth-order valence-electron chi connectivity index (χ4n) is 8.81. The zero-order valence-electron chi connectivity index (χ0n) is 35.2. The van der Waals surface area contributed by atoms with Gasteiger partial charge in [-0.15, -0.1) is 18.2 Å². The van der Waals surface area contributed by atoms with E-state index in [2.05, 4.69) is 18.0 Å². The molecule has 2 aromatic rings. The van der Waals surface area contributed by atoms with E-state index in [9.17, 15) is 35.0 Å². The van der Waals surface area contributed by atoms with Crippen molar-refractivity contribution in [1.29, 1.82) is 0 Å². The molecule has 0 saturated heterocycles. The Balaban J connectivity index is 1.76. The van der Waals surface area contributed by atoms with Crippen LogP contribution in [0.5, 0.6) is 11.5 Å². The second-order valence-corrected chi connectivity index (χ2v) is 15.6. The number of carbonyl (C=O) groups excluding carboxylic acids is 2. The minimum Gasteiger partial charge on any atom is -0.459 e. The van der Waals surface area contributed by atoms with E-state index in [0.717, 1.165) is 17.6 Å².